The van der Waals surface area contributed by atoms with Gasteiger partial charge in [0.25, 0.3) is 0 Å². The number of ether oxygens (including phenoxy) is 2. The highest BCUT2D eigenvalue weighted by atomic mass is 31.2. The average molecular weight is 748 g/mol. The van der Waals surface area contributed by atoms with E-state index in [1.165, 1.54) is 25.7 Å². The van der Waals surface area contributed by atoms with Crippen molar-refractivity contribution in [2.75, 3.05) is 33.0 Å². The van der Waals surface area contributed by atoms with Crippen LogP contribution in [-0.4, -0.2) is 49.9 Å². The number of rotatable bonds is 37. The van der Waals surface area contributed by atoms with E-state index in [9.17, 15) is 14.3 Å². The first-order chi connectivity index (χ1) is 25.4. The first-order valence-electron chi connectivity index (χ1n) is 20.1. The lowest BCUT2D eigenvalue weighted by Crippen LogP contribution is -2.28. The summed E-state index contributed by atoms with van der Waals surface area (Å²) in [5, 5.41) is 0. The van der Waals surface area contributed by atoms with Gasteiger partial charge in [-0.25, -0.2) is 4.57 Å². The van der Waals surface area contributed by atoms with Crippen LogP contribution >= 0.6 is 7.82 Å². The quantitative estimate of drug-likeness (QED) is 0.0279. The number of unbranched alkanes of at least 4 members (excludes halogenated alkanes) is 10. The fraction of sp³-hybridized carbons (Fsp3) is 0.651. The maximum Gasteiger partial charge on any atom is 0.472 e. The molecule has 0 spiro atoms. The predicted octanol–water partition coefficient (Wildman–Crippen LogP) is 11.7. The molecule has 0 heterocycles. The van der Waals surface area contributed by atoms with Gasteiger partial charge in [-0.2, -0.15) is 0 Å². The molecule has 2 unspecified atom stereocenters. The molecule has 0 aliphatic heterocycles. The number of phosphoric ester groups is 1. The zero-order chi connectivity index (χ0) is 38.1. The van der Waals surface area contributed by atoms with Crippen molar-refractivity contribution < 1.29 is 32.8 Å². The first kappa shape index (κ1) is 49.7. The lowest BCUT2D eigenvalue weighted by molar-refractivity contribution is -0.154. The molecular weight excluding hydrogens is 673 g/mol. The van der Waals surface area contributed by atoms with Crippen molar-refractivity contribution in [2.45, 2.75) is 148 Å². The molecule has 0 saturated heterocycles. The minimum atomic E-state index is -4.30. The molecule has 0 aliphatic rings. The van der Waals surface area contributed by atoms with Crippen LogP contribution in [0.25, 0.3) is 0 Å². The van der Waals surface area contributed by atoms with E-state index in [2.05, 4.69) is 98.9 Å². The van der Waals surface area contributed by atoms with Gasteiger partial charge in [0.15, 0.2) is 0 Å². The van der Waals surface area contributed by atoms with Gasteiger partial charge >= 0.3 is 13.8 Å². The first-order valence-corrected chi connectivity index (χ1v) is 21.6. The van der Waals surface area contributed by atoms with Crippen LogP contribution in [0.4, 0.5) is 0 Å². The normalized spacial score (nSPS) is 14.5. The van der Waals surface area contributed by atoms with Crippen LogP contribution < -0.4 is 5.73 Å². The summed E-state index contributed by atoms with van der Waals surface area (Å²) in [4.78, 5) is 22.4. The molecule has 0 rings (SSSR count). The van der Waals surface area contributed by atoms with E-state index < -0.39 is 13.9 Å². The molecule has 0 radical (unpaired) electrons. The maximum atomic E-state index is 12.5. The minimum absolute atomic E-state index is 0.0759. The summed E-state index contributed by atoms with van der Waals surface area (Å²) >= 11 is 0. The second-order valence-electron chi connectivity index (χ2n) is 12.8. The Kier molecular flexibility index (Phi) is 38.1. The molecule has 52 heavy (non-hydrogen) atoms. The summed E-state index contributed by atoms with van der Waals surface area (Å²) < 4.78 is 33.3. The Morgan fingerprint density at radius 1 is 0.596 bits per heavy atom. The summed E-state index contributed by atoms with van der Waals surface area (Å²) in [5.41, 5.74) is 5.35. The number of hydrogen-bond donors (Lipinski definition) is 2. The van der Waals surface area contributed by atoms with Crippen molar-refractivity contribution in [1.29, 1.82) is 0 Å². The number of allylic oxidation sites excluding steroid dienone is 14. The number of phosphoric acid groups is 1. The van der Waals surface area contributed by atoms with Crippen molar-refractivity contribution in [3.05, 3.63) is 85.1 Å². The van der Waals surface area contributed by atoms with E-state index in [-0.39, 0.29) is 38.8 Å². The lowest BCUT2D eigenvalue weighted by Gasteiger charge is -2.20. The van der Waals surface area contributed by atoms with Crippen molar-refractivity contribution in [1.82, 2.24) is 0 Å². The standard InChI is InChI=1S/C43H74NO7P/c1-3-5-7-9-11-13-15-17-19-20-21-23-25-27-29-31-33-35-38-48-40-42(41-50-52(46,47)49-39-37-44)51-43(45)36-34-32-30-28-26-24-22-18-16-14-12-10-8-6-4-2/h5,7,11-14,17-19,21-23,27,29,42H,3-4,6,8-10,15-16,20,24-26,28,30-41,44H2,1-2H3,(H,46,47)/b7-5-,13-11-,14-12-,19-17-,22-18-,23-21-,29-27-. The van der Waals surface area contributed by atoms with Crippen molar-refractivity contribution >= 4 is 13.8 Å². The van der Waals surface area contributed by atoms with E-state index >= 15 is 0 Å². The predicted molar refractivity (Wildman–Crippen MR) is 219 cm³/mol. The second kappa shape index (κ2) is 39.9. The summed E-state index contributed by atoms with van der Waals surface area (Å²) in [6, 6.07) is 0. The molecule has 0 aromatic rings. The Morgan fingerprint density at radius 2 is 1.08 bits per heavy atom. The highest BCUT2D eigenvalue weighted by Gasteiger charge is 2.25. The zero-order valence-corrected chi connectivity index (χ0v) is 33.7. The third kappa shape index (κ3) is 38.9. The van der Waals surface area contributed by atoms with E-state index in [0.717, 1.165) is 96.3 Å². The van der Waals surface area contributed by atoms with Gasteiger partial charge in [0.2, 0.25) is 0 Å². The number of carbonyl (C=O) groups is 1. The van der Waals surface area contributed by atoms with E-state index in [1.54, 1.807) is 0 Å². The van der Waals surface area contributed by atoms with Gasteiger partial charge in [-0.1, -0.05) is 131 Å². The number of nitrogens with two attached hydrogens (primary N) is 1. The van der Waals surface area contributed by atoms with Crippen molar-refractivity contribution in [3.8, 4) is 0 Å². The molecule has 0 aliphatic carbocycles. The Hall–Kier alpha value is -2.32. The monoisotopic (exact) mass is 748 g/mol. The highest BCUT2D eigenvalue weighted by Crippen LogP contribution is 2.43. The van der Waals surface area contributed by atoms with Crippen molar-refractivity contribution in [3.63, 3.8) is 0 Å². The Balaban J connectivity index is 4.21. The molecule has 2 atom stereocenters. The lowest BCUT2D eigenvalue weighted by atomic mass is 10.1. The molecule has 0 saturated carbocycles. The average Bonchev–Trinajstić information content (AvgIpc) is 3.13. The third-order valence-electron chi connectivity index (χ3n) is 7.80. The zero-order valence-electron chi connectivity index (χ0n) is 32.8. The van der Waals surface area contributed by atoms with Crippen LogP contribution in [0.5, 0.6) is 0 Å². The topological polar surface area (TPSA) is 117 Å². The van der Waals surface area contributed by atoms with Gasteiger partial charge in [0.05, 0.1) is 19.8 Å². The number of esters is 1. The molecule has 0 aromatic heterocycles. The molecule has 8 nitrogen and oxygen atoms in total. The van der Waals surface area contributed by atoms with Gasteiger partial charge in [-0.3, -0.25) is 13.8 Å². The van der Waals surface area contributed by atoms with Crippen LogP contribution in [0.3, 0.4) is 0 Å². The van der Waals surface area contributed by atoms with Crippen LogP contribution in [-0.2, 0) is 27.9 Å². The molecule has 9 heteroatoms. The molecule has 3 N–H and O–H groups in total. The molecule has 298 valence electrons. The van der Waals surface area contributed by atoms with Crippen LogP contribution in [0.2, 0.25) is 0 Å². The summed E-state index contributed by atoms with van der Waals surface area (Å²) in [5.74, 6) is -0.364. The minimum Gasteiger partial charge on any atom is -0.457 e. The van der Waals surface area contributed by atoms with Gasteiger partial charge in [0, 0.05) is 19.6 Å². The molecule has 0 bridgehead atoms. The van der Waals surface area contributed by atoms with Gasteiger partial charge < -0.3 is 20.1 Å². The third-order valence-corrected chi connectivity index (χ3v) is 8.78. The highest BCUT2D eigenvalue weighted by molar-refractivity contribution is 7.47. The fourth-order valence-electron chi connectivity index (χ4n) is 4.87. The molecular formula is C43H74NO7P. The van der Waals surface area contributed by atoms with Gasteiger partial charge in [0.1, 0.15) is 6.10 Å². The number of hydrogen-bond acceptors (Lipinski definition) is 7. The molecule has 0 amide bonds. The fourth-order valence-corrected chi connectivity index (χ4v) is 5.64. The molecule has 0 aromatic carbocycles. The maximum absolute atomic E-state index is 12.5. The Morgan fingerprint density at radius 3 is 1.62 bits per heavy atom. The summed E-state index contributed by atoms with van der Waals surface area (Å²) in [7, 11) is -4.30. The Bertz CT molecular complexity index is 1060. The van der Waals surface area contributed by atoms with Gasteiger partial charge in [-0.05, 0) is 89.9 Å². The van der Waals surface area contributed by atoms with Crippen LogP contribution in [0.1, 0.15) is 142 Å². The van der Waals surface area contributed by atoms with Gasteiger partial charge in [-0.15, -0.1) is 0 Å². The largest absolute Gasteiger partial charge is 0.472 e. The Labute approximate surface area is 318 Å². The second-order valence-corrected chi connectivity index (χ2v) is 14.2. The molecule has 0 fully saturated rings. The smallest absolute Gasteiger partial charge is 0.457 e. The van der Waals surface area contributed by atoms with E-state index in [4.69, 9.17) is 24.3 Å². The SMILES string of the molecule is CC/C=C\C/C=C\C/C=C\C/C=C\C/C=C\CCCCOCC(COP(=O)(O)OCCN)OC(=O)CCCCCCC/C=C\C/C=C\CCCCC. The van der Waals surface area contributed by atoms with E-state index in [0.29, 0.717) is 6.61 Å². The van der Waals surface area contributed by atoms with E-state index in [1.807, 2.05) is 0 Å². The van der Waals surface area contributed by atoms with Crippen molar-refractivity contribution in [2.24, 2.45) is 5.73 Å². The number of carbonyl (C=O) groups excluding carboxylic acids is 1. The summed E-state index contributed by atoms with van der Waals surface area (Å²) in [6.07, 6.45) is 50.3. The van der Waals surface area contributed by atoms with Crippen LogP contribution in [0, 0.1) is 0 Å². The summed E-state index contributed by atoms with van der Waals surface area (Å²) in [6.45, 7) is 4.61. The van der Waals surface area contributed by atoms with Crippen LogP contribution in [0.15, 0.2) is 85.1 Å².